The Kier molecular flexibility index (Phi) is 4.20. The van der Waals surface area contributed by atoms with E-state index in [1.165, 1.54) is 12.1 Å². The first-order chi connectivity index (χ1) is 9.51. The van der Waals surface area contributed by atoms with E-state index in [0.717, 1.165) is 0 Å². The maximum Gasteiger partial charge on any atom is 0.257 e. The number of aromatic nitrogens is 2. The largest absolute Gasteiger partial charge is 0.506 e. The number of amides is 1. The predicted octanol–water partition coefficient (Wildman–Crippen LogP) is 2.96. The quantitative estimate of drug-likeness (QED) is 0.853. The number of nitrogens with one attached hydrogen (secondary N) is 1. The van der Waals surface area contributed by atoms with Gasteiger partial charge in [0.25, 0.3) is 5.91 Å². The summed E-state index contributed by atoms with van der Waals surface area (Å²) in [6, 6.07) is 6.19. The molecule has 0 unspecified atom stereocenters. The molecule has 0 radical (unpaired) electrons. The molecule has 0 spiro atoms. The molecule has 2 N–H and O–H groups in total. The number of rotatable bonds is 3. The number of carbonyl (C=O) groups excluding carboxylic acids is 1. The van der Waals surface area contributed by atoms with E-state index in [1.54, 1.807) is 19.1 Å². The first kappa shape index (κ1) is 14.3. The number of benzene rings is 1. The van der Waals surface area contributed by atoms with Gasteiger partial charge in [0.05, 0.1) is 22.0 Å². The number of aromatic hydroxyl groups is 1. The summed E-state index contributed by atoms with van der Waals surface area (Å²) >= 11 is 5.80. The average molecular weight is 292 g/mol. The third-order valence-electron chi connectivity index (χ3n) is 2.78. The summed E-state index contributed by atoms with van der Waals surface area (Å²) in [5.74, 6) is -0.304. The molecular weight excluding hydrogens is 278 g/mol. The molecule has 104 valence electrons. The molecule has 20 heavy (non-hydrogen) atoms. The molecule has 0 fully saturated rings. The minimum absolute atomic E-state index is 0.0275. The van der Waals surface area contributed by atoms with Crippen LogP contribution in [0.4, 0.5) is 5.69 Å². The summed E-state index contributed by atoms with van der Waals surface area (Å²) in [6.07, 6.45) is 0.617. The second kappa shape index (κ2) is 5.88. The molecule has 1 amide bonds. The third kappa shape index (κ3) is 3.05. The molecule has 5 nitrogen and oxygen atoms in total. The van der Waals surface area contributed by atoms with Crippen molar-refractivity contribution in [3.63, 3.8) is 0 Å². The molecule has 0 atom stereocenters. The lowest BCUT2D eigenvalue weighted by molar-refractivity contribution is 0.102. The lowest BCUT2D eigenvalue weighted by Crippen LogP contribution is -2.16. The van der Waals surface area contributed by atoms with Crippen LogP contribution in [0.5, 0.6) is 5.75 Å². The first-order valence-electron chi connectivity index (χ1n) is 6.14. The fourth-order valence-corrected chi connectivity index (χ4v) is 1.94. The Morgan fingerprint density at radius 1 is 1.35 bits per heavy atom. The number of halogens is 1. The molecule has 0 bridgehead atoms. The van der Waals surface area contributed by atoms with Gasteiger partial charge in [0.2, 0.25) is 0 Å². The van der Waals surface area contributed by atoms with Crippen molar-refractivity contribution in [2.45, 2.75) is 20.3 Å². The predicted molar refractivity (Wildman–Crippen MR) is 77.2 cm³/mol. The highest BCUT2D eigenvalue weighted by Gasteiger charge is 2.13. The van der Waals surface area contributed by atoms with Crippen molar-refractivity contribution >= 4 is 23.2 Å². The van der Waals surface area contributed by atoms with Crippen LogP contribution in [0, 0.1) is 6.92 Å². The summed E-state index contributed by atoms with van der Waals surface area (Å²) in [5, 5.41) is 20.2. The lowest BCUT2D eigenvalue weighted by Gasteiger charge is -2.09. The van der Waals surface area contributed by atoms with E-state index in [2.05, 4.69) is 15.5 Å². The molecule has 0 aliphatic heterocycles. The zero-order chi connectivity index (χ0) is 14.7. The normalized spacial score (nSPS) is 10.3. The van der Waals surface area contributed by atoms with Gasteiger partial charge in [-0.1, -0.05) is 18.5 Å². The first-order valence-corrected chi connectivity index (χ1v) is 6.52. The van der Waals surface area contributed by atoms with Crippen LogP contribution in [0.2, 0.25) is 5.02 Å². The fourth-order valence-electron chi connectivity index (χ4n) is 1.75. The van der Waals surface area contributed by atoms with Crippen LogP contribution in [0.25, 0.3) is 0 Å². The van der Waals surface area contributed by atoms with Gasteiger partial charge in [-0.25, -0.2) is 0 Å². The molecule has 2 rings (SSSR count). The Bertz CT molecular complexity index is 659. The van der Waals surface area contributed by atoms with Gasteiger partial charge >= 0.3 is 0 Å². The van der Waals surface area contributed by atoms with Gasteiger partial charge in [-0.3, -0.25) is 4.79 Å². The number of anilines is 1. The van der Waals surface area contributed by atoms with Gasteiger partial charge < -0.3 is 10.4 Å². The smallest absolute Gasteiger partial charge is 0.257 e. The maximum atomic E-state index is 12.3. The molecule has 1 aromatic heterocycles. The molecule has 1 heterocycles. The SMILES string of the molecule is CCc1nnc(C)cc1C(=O)Nc1ccc(O)c(Cl)c1. The van der Waals surface area contributed by atoms with E-state index in [-0.39, 0.29) is 16.7 Å². The van der Waals surface area contributed by atoms with Crippen LogP contribution < -0.4 is 5.32 Å². The number of phenols is 1. The van der Waals surface area contributed by atoms with Crippen molar-refractivity contribution in [2.24, 2.45) is 0 Å². The number of hydrogen-bond donors (Lipinski definition) is 2. The Morgan fingerprint density at radius 2 is 2.10 bits per heavy atom. The summed E-state index contributed by atoms with van der Waals surface area (Å²) in [5.41, 5.74) is 2.31. The Balaban J connectivity index is 2.27. The molecule has 0 saturated heterocycles. The van der Waals surface area contributed by atoms with Gasteiger partial charge in [0.1, 0.15) is 5.75 Å². The van der Waals surface area contributed by atoms with Crippen molar-refractivity contribution in [3.8, 4) is 5.75 Å². The van der Waals surface area contributed by atoms with E-state index in [9.17, 15) is 9.90 Å². The molecular formula is C14H14ClN3O2. The van der Waals surface area contributed by atoms with Crippen molar-refractivity contribution in [3.05, 3.63) is 46.2 Å². The Labute approximate surface area is 121 Å². The summed E-state index contributed by atoms with van der Waals surface area (Å²) in [7, 11) is 0. The standard InChI is InChI=1S/C14H14ClN3O2/c1-3-12-10(6-8(2)17-18-12)14(20)16-9-4-5-13(19)11(15)7-9/h4-7,19H,3H2,1-2H3,(H,16,20). The van der Waals surface area contributed by atoms with Crippen LogP contribution in [0.3, 0.4) is 0 Å². The molecule has 2 aromatic rings. The van der Waals surface area contributed by atoms with Gasteiger partial charge in [0, 0.05) is 5.69 Å². The zero-order valence-corrected chi connectivity index (χ0v) is 11.9. The second-order valence-corrected chi connectivity index (χ2v) is 4.73. The van der Waals surface area contributed by atoms with Gasteiger partial charge in [0.15, 0.2) is 0 Å². The topological polar surface area (TPSA) is 75.1 Å². The fraction of sp³-hybridized carbons (Fsp3) is 0.214. The van der Waals surface area contributed by atoms with Crippen LogP contribution >= 0.6 is 11.6 Å². The number of phenolic OH excluding ortho intramolecular Hbond substituents is 1. The average Bonchev–Trinajstić information content (AvgIpc) is 2.43. The maximum absolute atomic E-state index is 12.3. The molecule has 0 saturated carbocycles. The van der Waals surface area contributed by atoms with Crippen LogP contribution in [-0.2, 0) is 6.42 Å². The van der Waals surface area contributed by atoms with Crippen molar-refractivity contribution in [2.75, 3.05) is 5.32 Å². The van der Waals surface area contributed by atoms with E-state index < -0.39 is 0 Å². The van der Waals surface area contributed by atoms with Crippen LogP contribution in [0.1, 0.15) is 28.7 Å². The van der Waals surface area contributed by atoms with Crippen LogP contribution in [-0.4, -0.2) is 21.2 Å². The van der Waals surface area contributed by atoms with Gasteiger partial charge in [-0.2, -0.15) is 10.2 Å². The number of aryl methyl sites for hydroxylation is 2. The summed E-state index contributed by atoms with van der Waals surface area (Å²) < 4.78 is 0. The van der Waals surface area contributed by atoms with Gasteiger partial charge in [-0.15, -0.1) is 0 Å². The summed E-state index contributed by atoms with van der Waals surface area (Å²) in [4.78, 5) is 12.3. The summed E-state index contributed by atoms with van der Waals surface area (Å²) in [6.45, 7) is 3.69. The zero-order valence-electron chi connectivity index (χ0n) is 11.1. The molecule has 6 heteroatoms. The van der Waals surface area contributed by atoms with Gasteiger partial charge in [-0.05, 0) is 37.6 Å². The van der Waals surface area contributed by atoms with Crippen molar-refractivity contribution in [1.29, 1.82) is 0 Å². The third-order valence-corrected chi connectivity index (χ3v) is 3.08. The lowest BCUT2D eigenvalue weighted by atomic mass is 10.1. The van der Waals surface area contributed by atoms with Crippen molar-refractivity contribution < 1.29 is 9.90 Å². The van der Waals surface area contributed by atoms with E-state index in [0.29, 0.717) is 29.1 Å². The molecule has 0 aliphatic rings. The van der Waals surface area contributed by atoms with Crippen LogP contribution in [0.15, 0.2) is 24.3 Å². The highest BCUT2D eigenvalue weighted by atomic mass is 35.5. The monoisotopic (exact) mass is 291 g/mol. The molecule has 0 aliphatic carbocycles. The van der Waals surface area contributed by atoms with Crippen molar-refractivity contribution in [1.82, 2.24) is 10.2 Å². The number of carbonyl (C=O) groups is 1. The van der Waals surface area contributed by atoms with E-state index in [1.807, 2.05) is 6.92 Å². The molecule has 1 aromatic carbocycles. The number of hydrogen-bond acceptors (Lipinski definition) is 4. The minimum Gasteiger partial charge on any atom is -0.506 e. The second-order valence-electron chi connectivity index (χ2n) is 4.32. The highest BCUT2D eigenvalue weighted by Crippen LogP contribution is 2.26. The minimum atomic E-state index is -0.276. The Morgan fingerprint density at radius 3 is 2.75 bits per heavy atom. The van der Waals surface area contributed by atoms with E-state index in [4.69, 9.17) is 11.6 Å². The van der Waals surface area contributed by atoms with E-state index >= 15 is 0 Å². The number of nitrogens with zero attached hydrogens (tertiary/aromatic N) is 2. The Hall–Kier alpha value is -2.14. The highest BCUT2D eigenvalue weighted by molar-refractivity contribution is 6.32.